The molecule has 2 rings (SSSR count). The molecule has 1 heteroatoms. The summed E-state index contributed by atoms with van der Waals surface area (Å²) in [6.07, 6.45) is 4.32. The van der Waals surface area contributed by atoms with Crippen LogP contribution in [0.1, 0.15) is 37.4 Å². The molecule has 1 heterocycles. The van der Waals surface area contributed by atoms with Crippen LogP contribution in [-0.4, -0.2) is 4.98 Å². The van der Waals surface area contributed by atoms with E-state index in [1.54, 1.807) is 0 Å². The molecule has 0 amide bonds. The van der Waals surface area contributed by atoms with E-state index in [0.717, 1.165) is 6.42 Å². The molecule has 0 aliphatic rings. The van der Waals surface area contributed by atoms with Crippen LogP contribution in [0.25, 0.3) is 10.9 Å². The van der Waals surface area contributed by atoms with Crippen LogP contribution in [0.4, 0.5) is 0 Å². The number of allylic oxidation sites excluding steroid dienone is 1. The third-order valence-electron chi connectivity index (χ3n) is 3.16. The Labute approximate surface area is 97.2 Å². The standard InChI is InChI=1S/C15H19N/c1-4-8-13-12-9-6-7-10-14(12)16-15(13)11(3)5-2/h5-7,9-11,16H,2,4,8H2,1,3H3. The Morgan fingerprint density at radius 1 is 1.38 bits per heavy atom. The smallest absolute Gasteiger partial charge is 0.0459 e. The number of hydrogen-bond donors (Lipinski definition) is 1. The molecule has 84 valence electrons. The second-order valence-corrected chi connectivity index (χ2v) is 4.34. The predicted molar refractivity (Wildman–Crippen MR) is 70.9 cm³/mol. The number of para-hydroxylation sites is 1. The fourth-order valence-electron chi connectivity index (χ4n) is 2.25. The van der Waals surface area contributed by atoms with Gasteiger partial charge in [0.25, 0.3) is 0 Å². The molecule has 0 fully saturated rings. The van der Waals surface area contributed by atoms with Gasteiger partial charge in [0.2, 0.25) is 0 Å². The molecule has 16 heavy (non-hydrogen) atoms. The van der Waals surface area contributed by atoms with Crippen LogP contribution < -0.4 is 0 Å². The Balaban J connectivity index is 2.62. The van der Waals surface area contributed by atoms with Gasteiger partial charge in [-0.1, -0.05) is 44.5 Å². The van der Waals surface area contributed by atoms with Gasteiger partial charge in [-0.25, -0.2) is 0 Å². The first-order valence-corrected chi connectivity index (χ1v) is 6.00. The van der Waals surface area contributed by atoms with Crippen molar-refractivity contribution in [3.8, 4) is 0 Å². The molecule has 0 saturated heterocycles. The van der Waals surface area contributed by atoms with Crippen LogP contribution in [0.5, 0.6) is 0 Å². The highest BCUT2D eigenvalue weighted by molar-refractivity contribution is 5.84. The van der Waals surface area contributed by atoms with Crippen molar-refractivity contribution in [2.45, 2.75) is 32.6 Å². The van der Waals surface area contributed by atoms with Crippen molar-refractivity contribution in [2.24, 2.45) is 0 Å². The van der Waals surface area contributed by atoms with E-state index in [1.807, 2.05) is 6.08 Å². The summed E-state index contributed by atoms with van der Waals surface area (Å²) in [5, 5.41) is 1.37. The summed E-state index contributed by atoms with van der Waals surface area (Å²) in [6, 6.07) is 8.54. The van der Waals surface area contributed by atoms with Gasteiger partial charge in [-0.3, -0.25) is 0 Å². The number of fused-ring (bicyclic) bond motifs is 1. The molecule has 1 aromatic carbocycles. The molecule has 1 atom stereocenters. The number of aryl methyl sites for hydroxylation is 1. The number of benzene rings is 1. The molecule has 0 saturated carbocycles. The Hall–Kier alpha value is -1.50. The number of H-pyrrole nitrogens is 1. The molecule has 0 aliphatic heterocycles. The molecule has 0 spiro atoms. The molecule has 0 aliphatic carbocycles. The minimum Gasteiger partial charge on any atom is -0.358 e. The molecular weight excluding hydrogens is 194 g/mol. The number of aromatic nitrogens is 1. The van der Waals surface area contributed by atoms with Gasteiger partial charge in [-0.05, 0) is 18.1 Å². The zero-order valence-electron chi connectivity index (χ0n) is 10.1. The van der Waals surface area contributed by atoms with Crippen molar-refractivity contribution >= 4 is 10.9 Å². The van der Waals surface area contributed by atoms with E-state index >= 15 is 0 Å². The molecular formula is C15H19N. The fraction of sp³-hybridized carbons (Fsp3) is 0.333. The van der Waals surface area contributed by atoms with E-state index in [-0.39, 0.29) is 0 Å². The highest BCUT2D eigenvalue weighted by atomic mass is 14.7. The normalized spacial score (nSPS) is 12.9. The Morgan fingerprint density at radius 2 is 2.12 bits per heavy atom. The van der Waals surface area contributed by atoms with Crippen LogP contribution in [-0.2, 0) is 6.42 Å². The minimum absolute atomic E-state index is 0.397. The molecule has 0 radical (unpaired) electrons. The highest BCUT2D eigenvalue weighted by Crippen LogP contribution is 2.29. The van der Waals surface area contributed by atoms with Gasteiger partial charge in [0, 0.05) is 22.5 Å². The van der Waals surface area contributed by atoms with E-state index in [1.165, 1.54) is 28.6 Å². The lowest BCUT2D eigenvalue weighted by atomic mass is 9.99. The van der Waals surface area contributed by atoms with Gasteiger partial charge in [0.15, 0.2) is 0 Å². The average molecular weight is 213 g/mol. The van der Waals surface area contributed by atoms with Crippen molar-refractivity contribution in [3.63, 3.8) is 0 Å². The summed E-state index contributed by atoms with van der Waals surface area (Å²) in [5.41, 5.74) is 4.04. The third kappa shape index (κ3) is 1.78. The van der Waals surface area contributed by atoms with E-state index in [9.17, 15) is 0 Å². The van der Waals surface area contributed by atoms with Crippen LogP contribution in [0.2, 0.25) is 0 Å². The summed E-state index contributed by atoms with van der Waals surface area (Å²) in [7, 11) is 0. The van der Waals surface area contributed by atoms with Crippen LogP contribution >= 0.6 is 0 Å². The molecule has 2 aromatic rings. The zero-order chi connectivity index (χ0) is 11.5. The van der Waals surface area contributed by atoms with Crippen molar-refractivity contribution in [2.75, 3.05) is 0 Å². The lowest BCUT2D eigenvalue weighted by Crippen LogP contribution is -1.94. The maximum Gasteiger partial charge on any atom is 0.0459 e. The van der Waals surface area contributed by atoms with E-state index in [0.29, 0.717) is 5.92 Å². The fourth-order valence-corrected chi connectivity index (χ4v) is 2.25. The second kappa shape index (κ2) is 4.56. The molecule has 0 bridgehead atoms. The van der Waals surface area contributed by atoms with Gasteiger partial charge >= 0.3 is 0 Å². The molecule has 1 N–H and O–H groups in total. The maximum atomic E-state index is 3.89. The Morgan fingerprint density at radius 3 is 2.81 bits per heavy atom. The van der Waals surface area contributed by atoms with Gasteiger partial charge < -0.3 is 4.98 Å². The lowest BCUT2D eigenvalue weighted by molar-refractivity contribution is 0.859. The Kier molecular flexibility index (Phi) is 3.14. The van der Waals surface area contributed by atoms with Crippen molar-refractivity contribution in [3.05, 3.63) is 48.2 Å². The van der Waals surface area contributed by atoms with Crippen LogP contribution in [0.3, 0.4) is 0 Å². The molecule has 1 nitrogen and oxygen atoms in total. The summed E-state index contributed by atoms with van der Waals surface area (Å²) in [4.78, 5) is 3.53. The third-order valence-corrected chi connectivity index (χ3v) is 3.16. The summed E-state index contributed by atoms with van der Waals surface area (Å²) >= 11 is 0. The average Bonchev–Trinajstić information content (AvgIpc) is 2.68. The van der Waals surface area contributed by atoms with Gasteiger partial charge in [-0.15, -0.1) is 6.58 Å². The van der Waals surface area contributed by atoms with Crippen molar-refractivity contribution < 1.29 is 0 Å². The lowest BCUT2D eigenvalue weighted by Gasteiger charge is -2.07. The summed E-state index contributed by atoms with van der Waals surface area (Å²) in [6.45, 7) is 8.31. The SMILES string of the molecule is C=CC(C)c1[nH]c2ccccc2c1CCC. The largest absolute Gasteiger partial charge is 0.358 e. The Bertz CT molecular complexity index is 493. The molecule has 1 aromatic heterocycles. The number of hydrogen-bond acceptors (Lipinski definition) is 0. The number of rotatable bonds is 4. The maximum absolute atomic E-state index is 3.89. The first-order valence-electron chi connectivity index (χ1n) is 6.00. The number of aromatic amines is 1. The summed E-state index contributed by atoms with van der Waals surface area (Å²) < 4.78 is 0. The second-order valence-electron chi connectivity index (χ2n) is 4.34. The minimum atomic E-state index is 0.397. The topological polar surface area (TPSA) is 15.8 Å². The zero-order valence-corrected chi connectivity index (χ0v) is 10.1. The van der Waals surface area contributed by atoms with Crippen LogP contribution in [0.15, 0.2) is 36.9 Å². The predicted octanol–water partition coefficient (Wildman–Crippen LogP) is 4.41. The first kappa shape index (κ1) is 11.0. The highest BCUT2D eigenvalue weighted by Gasteiger charge is 2.13. The van der Waals surface area contributed by atoms with Gasteiger partial charge in [0.1, 0.15) is 0 Å². The number of nitrogens with one attached hydrogen (secondary N) is 1. The van der Waals surface area contributed by atoms with E-state index < -0.39 is 0 Å². The molecule has 1 unspecified atom stereocenters. The van der Waals surface area contributed by atoms with Gasteiger partial charge in [0.05, 0.1) is 0 Å². The monoisotopic (exact) mass is 213 g/mol. The van der Waals surface area contributed by atoms with Crippen molar-refractivity contribution in [1.29, 1.82) is 0 Å². The quantitative estimate of drug-likeness (QED) is 0.724. The van der Waals surface area contributed by atoms with E-state index in [4.69, 9.17) is 0 Å². The van der Waals surface area contributed by atoms with Crippen molar-refractivity contribution in [1.82, 2.24) is 4.98 Å². The van der Waals surface area contributed by atoms with Crippen LogP contribution in [0, 0.1) is 0 Å². The van der Waals surface area contributed by atoms with E-state index in [2.05, 4.69) is 49.7 Å². The summed E-state index contributed by atoms with van der Waals surface area (Å²) in [5.74, 6) is 0.397. The first-order chi connectivity index (χ1) is 7.77. The van der Waals surface area contributed by atoms with Gasteiger partial charge in [-0.2, -0.15) is 0 Å².